The molecule has 0 radical (unpaired) electrons. The highest BCUT2D eigenvalue weighted by atomic mass is 16.6. The Morgan fingerprint density at radius 3 is 2.76 bits per heavy atom. The van der Waals surface area contributed by atoms with Gasteiger partial charge in [0.05, 0.1) is 36.1 Å². The van der Waals surface area contributed by atoms with Crippen LogP contribution in [0.15, 0.2) is 0 Å². The van der Waals surface area contributed by atoms with E-state index >= 15 is 0 Å². The fourth-order valence-corrected chi connectivity index (χ4v) is 2.88. The van der Waals surface area contributed by atoms with Crippen LogP contribution < -0.4 is 0 Å². The highest BCUT2D eigenvalue weighted by molar-refractivity contribution is 5.04. The number of epoxide rings is 2. The zero-order valence-corrected chi connectivity index (χ0v) is 10.6. The Bertz CT molecular complexity index is 295. The average molecular weight is 242 g/mol. The Kier molecular flexibility index (Phi) is 2.94. The SMILES string of the molecule is C[C@H]1O[C@@H]1C[C@H]1O[C@]1(C)C[C@@H]1OCCC[C@H]1O. The molecule has 3 aliphatic heterocycles. The van der Waals surface area contributed by atoms with Crippen LogP contribution >= 0.6 is 0 Å². The van der Waals surface area contributed by atoms with Crippen LogP contribution in [0, 0.1) is 0 Å². The molecule has 0 unspecified atom stereocenters. The van der Waals surface area contributed by atoms with Crippen molar-refractivity contribution < 1.29 is 19.3 Å². The first-order valence-electron chi connectivity index (χ1n) is 6.71. The van der Waals surface area contributed by atoms with Gasteiger partial charge in [0, 0.05) is 19.4 Å². The third kappa shape index (κ3) is 2.50. The lowest BCUT2D eigenvalue weighted by Crippen LogP contribution is -2.37. The van der Waals surface area contributed by atoms with Crippen molar-refractivity contribution in [2.45, 2.75) is 75.7 Å². The summed E-state index contributed by atoms with van der Waals surface area (Å²) in [5, 5.41) is 9.88. The summed E-state index contributed by atoms with van der Waals surface area (Å²) in [4.78, 5) is 0. The molecule has 3 heterocycles. The number of aliphatic hydroxyl groups excluding tert-OH is 1. The fraction of sp³-hybridized carbons (Fsp3) is 1.00. The second-order valence-electron chi connectivity index (χ2n) is 5.86. The van der Waals surface area contributed by atoms with Gasteiger partial charge in [-0.25, -0.2) is 0 Å². The summed E-state index contributed by atoms with van der Waals surface area (Å²) in [5.74, 6) is 0. The molecule has 6 atom stereocenters. The predicted octanol–water partition coefficient (Wildman–Crippen LogP) is 1.25. The number of hydrogen-bond donors (Lipinski definition) is 1. The van der Waals surface area contributed by atoms with Crippen molar-refractivity contribution in [2.24, 2.45) is 0 Å². The molecule has 3 rings (SSSR count). The minimum Gasteiger partial charge on any atom is -0.390 e. The second kappa shape index (κ2) is 4.19. The van der Waals surface area contributed by atoms with E-state index in [0.29, 0.717) is 12.2 Å². The summed E-state index contributed by atoms with van der Waals surface area (Å²) in [5.41, 5.74) is -0.103. The van der Waals surface area contributed by atoms with Gasteiger partial charge < -0.3 is 19.3 Å². The van der Waals surface area contributed by atoms with E-state index in [1.54, 1.807) is 0 Å². The maximum absolute atomic E-state index is 9.88. The van der Waals surface area contributed by atoms with Gasteiger partial charge in [-0.3, -0.25) is 0 Å². The quantitative estimate of drug-likeness (QED) is 0.754. The standard InChI is InChI=1S/C13H22O4/c1-8-10(16-8)6-12-13(2,17-12)7-11-9(14)4-3-5-15-11/h8-12,14H,3-7H2,1-2H3/t8-,9-,10-,11+,12-,13-/m1/s1. The highest BCUT2D eigenvalue weighted by Gasteiger charge is 2.56. The molecule has 1 N–H and O–H groups in total. The van der Waals surface area contributed by atoms with Gasteiger partial charge >= 0.3 is 0 Å². The molecule has 17 heavy (non-hydrogen) atoms. The number of rotatable bonds is 4. The Morgan fingerprint density at radius 2 is 2.12 bits per heavy atom. The second-order valence-corrected chi connectivity index (χ2v) is 5.86. The van der Waals surface area contributed by atoms with Crippen molar-refractivity contribution in [3.8, 4) is 0 Å². The van der Waals surface area contributed by atoms with E-state index in [9.17, 15) is 5.11 Å². The third-order valence-corrected chi connectivity index (χ3v) is 4.33. The van der Waals surface area contributed by atoms with Crippen LogP contribution in [0.5, 0.6) is 0 Å². The molecule has 3 saturated heterocycles. The fourth-order valence-electron chi connectivity index (χ4n) is 2.88. The Balaban J connectivity index is 1.48. The predicted molar refractivity (Wildman–Crippen MR) is 61.8 cm³/mol. The lowest BCUT2D eigenvalue weighted by Gasteiger charge is -2.29. The number of hydrogen-bond acceptors (Lipinski definition) is 4. The Morgan fingerprint density at radius 1 is 1.35 bits per heavy atom. The van der Waals surface area contributed by atoms with E-state index < -0.39 is 0 Å². The summed E-state index contributed by atoms with van der Waals surface area (Å²) in [6.45, 7) is 4.99. The van der Waals surface area contributed by atoms with Gasteiger partial charge in [0.2, 0.25) is 0 Å². The molecule has 4 heteroatoms. The maximum atomic E-state index is 9.88. The number of ether oxygens (including phenoxy) is 3. The van der Waals surface area contributed by atoms with E-state index in [1.165, 1.54) is 0 Å². The highest BCUT2D eigenvalue weighted by Crippen LogP contribution is 2.46. The summed E-state index contributed by atoms with van der Waals surface area (Å²) < 4.78 is 16.8. The first-order chi connectivity index (χ1) is 8.08. The average Bonchev–Trinajstić information content (AvgIpc) is 3.13. The van der Waals surface area contributed by atoms with E-state index in [0.717, 1.165) is 32.3 Å². The van der Waals surface area contributed by atoms with Crippen molar-refractivity contribution in [3.63, 3.8) is 0 Å². The van der Waals surface area contributed by atoms with E-state index in [2.05, 4.69) is 13.8 Å². The zero-order valence-electron chi connectivity index (χ0n) is 10.6. The van der Waals surface area contributed by atoms with Gasteiger partial charge in [-0.15, -0.1) is 0 Å². The van der Waals surface area contributed by atoms with E-state index in [-0.39, 0.29) is 23.9 Å². The van der Waals surface area contributed by atoms with Crippen LogP contribution in [0.2, 0.25) is 0 Å². The molecular formula is C13H22O4. The van der Waals surface area contributed by atoms with Gasteiger partial charge in [-0.2, -0.15) is 0 Å². The van der Waals surface area contributed by atoms with E-state index in [1.807, 2.05) is 0 Å². The molecule has 0 aromatic rings. The Labute approximate surface area is 102 Å². The number of aliphatic hydroxyl groups is 1. The molecule has 3 aliphatic rings. The van der Waals surface area contributed by atoms with Crippen molar-refractivity contribution in [3.05, 3.63) is 0 Å². The van der Waals surface area contributed by atoms with Crippen LogP contribution in [-0.4, -0.2) is 47.8 Å². The van der Waals surface area contributed by atoms with Crippen LogP contribution in [-0.2, 0) is 14.2 Å². The van der Waals surface area contributed by atoms with Gasteiger partial charge in [-0.1, -0.05) is 0 Å². The molecule has 3 fully saturated rings. The summed E-state index contributed by atoms with van der Waals surface area (Å²) in [6, 6.07) is 0. The molecule has 0 aromatic carbocycles. The van der Waals surface area contributed by atoms with Gasteiger partial charge in [0.15, 0.2) is 0 Å². The lowest BCUT2D eigenvalue weighted by atomic mass is 9.92. The summed E-state index contributed by atoms with van der Waals surface area (Å²) in [6.07, 6.45) is 4.33. The molecule has 98 valence electrons. The summed E-state index contributed by atoms with van der Waals surface area (Å²) in [7, 11) is 0. The molecule has 0 bridgehead atoms. The molecular weight excluding hydrogens is 220 g/mol. The molecule has 0 aliphatic carbocycles. The zero-order chi connectivity index (χ0) is 12.0. The monoisotopic (exact) mass is 242 g/mol. The molecule has 0 spiro atoms. The van der Waals surface area contributed by atoms with Gasteiger partial charge in [0.25, 0.3) is 0 Å². The largest absolute Gasteiger partial charge is 0.390 e. The van der Waals surface area contributed by atoms with Crippen LogP contribution in [0.3, 0.4) is 0 Å². The van der Waals surface area contributed by atoms with Crippen molar-refractivity contribution in [1.29, 1.82) is 0 Å². The van der Waals surface area contributed by atoms with Crippen molar-refractivity contribution in [2.75, 3.05) is 6.61 Å². The third-order valence-electron chi connectivity index (χ3n) is 4.33. The van der Waals surface area contributed by atoms with Crippen molar-refractivity contribution in [1.82, 2.24) is 0 Å². The molecule has 0 aromatic heterocycles. The Hall–Kier alpha value is -0.160. The minimum atomic E-state index is -0.318. The topological polar surface area (TPSA) is 54.5 Å². The van der Waals surface area contributed by atoms with Crippen LogP contribution in [0.4, 0.5) is 0 Å². The first-order valence-corrected chi connectivity index (χ1v) is 6.71. The van der Waals surface area contributed by atoms with Gasteiger partial charge in [-0.05, 0) is 26.7 Å². The lowest BCUT2D eigenvalue weighted by molar-refractivity contribution is -0.0843. The van der Waals surface area contributed by atoms with E-state index in [4.69, 9.17) is 14.2 Å². The van der Waals surface area contributed by atoms with Crippen LogP contribution in [0.1, 0.15) is 39.5 Å². The van der Waals surface area contributed by atoms with Gasteiger partial charge in [0.1, 0.15) is 0 Å². The normalized spacial score (nSPS) is 53.5. The summed E-state index contributed by atoms with van der Waals surface area (Å²) >= 11 is 0. The smallest absolute Gasteiger partial charge is 0.0947 e. The maximum Gasteiger partial charge on any atom is 0.0947 e. The van der Waals surface area contributed by atoms with Crippen LogP contribution in [0.25, 0.3) is 0 Å². The molecule has 0 saturated carbocycles. The van der Waals surface area contributed by atoms with Crippen molar-refractivity contribution >= 4 is 0 Å². The first kappa shape index (κ1) is 11.9. The minimum absolute atomic E-state index is 0.0451. The molecule has 4 nitrogen and oxygen atoms in total. The molecule has 0 amide bonds.